The molecule has 5 nitrogen and oxygen atoms in total. The van der Waals surface area contributed by atoms with E-state index in [1.54, 1.807) is 23.5 Å². The predicted octanol–water partition coefficient (Wildman–Crippen LogP) is 2.35. The molecule has 0 bridgehead atoms. The van der Waals surface area contributed by atoms with Gasteiger partial charge in [-0.15, -0.1) is 23.1 Å². The maximum Gasteiger partial charge on any atom is 0.272 e. The third-order valence-corrected chi connectivity index (χ3v) is 4.64. The Bertz CT molecular complexity index is 690. The molecule has 20 heavy (non-hydrogen) atoms. The van der Waals surface area contributed by atoms with Crippen molar-refractivity contribution in [1.29, 1.82) is 0 Å². The van der Waals surface area contributed by atoms with Crippen LogP contribution < -0.4 is 5.56 Å². The van der Waals surface area contributed by atoms with Gasteiger partial charge in [-0.3, -0.25) is 14.0 Å². The van der Waals surface area contributed by atoms with Crippen LogP contribution in [0.15, 0.2) is 21.4 Å². The van der Waals surface area contributed by atoms with E-state index in [1.165, 1.54) is 27.5 Å². The van der Waals surface area contributed by atoms with Gasteiger partial charge in [0.25, 0.3) is 11.5 Å². The Kier molecular flexibility index (Phi) is 4.49. The summed E-state index contributed by atoms with van der Waals surface area (Å²) < 4.78 is 1.44. The van der Waals surface area contributed by atoms with Gasteiger partial charge in [0.1, 0.15) is 10.6 Å². The summed E-state index contributed by atoms with van der Waals surface area (Å²) in [5.74, 6) is 0.494. The molecule has 0 aliphatic rings. The first-order chi connectivity index (χ1) is 9.47. The molecule has 0 fully saturated rings. The Balaban J connectivity index is 2.65. The van der Waals surface area contributed by atoms with Crippen molar-refractivity contribution in [2.24, 2.45) is 0 Å². The summed E-state index contributed by atoms with van der Waals surface area (Å²) in [6, 6.07) is 0.0320. The Morgan fingerprint density at radius 1 is 1.55 bits per heavy atom. The molecule has 2 aromatic rings. The van der Waals surface area contributed by atoms with E-state index in [0.717, 1.165) is 5.75 Å². The molecule has 0 aromatic carbocycles. The van der Waals surface area contributed by atoms with Crippen LogP contribution in [-0.4, -0.2) is 39.0 Å². The minimum absolute atomic E-state index is 0.0320. The van der Waals surface area contributed by atoms with Gasteiger partial charge in [-0.05, 0) is 19.6 Å². The number of carbonyl (C=O) groups is 1. The van der Waals surface area contributed by atoms with Crippen molar-refractivity contribution >= 4 is 34.0 Å². The Hall–Kier alpha value is -1.34. The molecule has 0 aliphatic heterocycles. The summed E-state index contributed by atoms with van der Waals surface area (Å²) in [6.45, 7) is 5.81. The predicted molar refractivity (Wildman–Crippen MR) is 83.0 cm³/mol. The van der Waals surface area contributed by atoms with Crippen LogP contribution in [-0.2, 0) is 0 Å². The number of hydrogen-bond acceptors (Lipinski definition) is 5. The van der Waals surface area contributed by atoms with Crippen LogP contribution >= 0.6 is 23.1 Å². The first kappa shape index (κ1) is 15.1. The van der Waals surface area contributed by atoms with Gasteiger partial charge >= 0.3 is 0 Å². The minimum atomic E-state index is -0.287. The average Bonchev–Trinajstić information content (AvgIpc) is 2.86. The van der Waals surface area contributed by atoms with Crippen molar-refractivity contribution in [3.05, 3.63) is 27.5 Å². The number of amides is 1. The van der Waals surface area contributed by atoms with Crippen molar-refractivity contribution in [2.75, 3.05) is 12.8 Å². The zero-order valence-electron chi connectivity index (χ0n) is 11.9. The van der Waals surface area contributed by atoms with Crippen LogP contribution in [0.2, 0.25) is 0 Å². The second kappa shape index (κ2) is 5.97. The van der Waals surface area contributed by atoms with E-state index in [2.05, 4.69) is 4.98 Å². The fourth-order valence-corrected chi connectivity index (χ4v) is 3.20. The van der Waals surface area contributed by atoms with Gasteiger partial charge in [0, 0.05) is 24.7 Å². The van der Waals surface area contributed by atoms with Crippen molar-refractivity contribution < 1.29 is 4.79 Å². The highest BCUT2D eigenvalue weighted by atomic mass is 32.2. The molecule has 0 saturated heterocycles. The zero-order chi connectivity index (χ0) is 14.9. The molecule has 7 heteroatoms. The molecule has 0 saturated carbocycles. The van der Waals surface area contributed by atoms with Gasteiger partial charge in [-0.2, -0.15) is 0 Å². The topological polar surface area (TPSA) is 54.7 Å². The van der Waals surface area contributed by atoms with E-state index in [-0.39, 0.29) is 23.1 Å². The first-order valence-electron chi connectivity index (χ1n) is 6.37. The average molecular weight is 311 g/mol. The van der Waals surface area contributed by atoms with E-state index in [1.807, 2.05) is 20.8 Å². The molecule has 0 N–H and O–H groups in total. The molecule has 0 atom stereocenters. The highest BCUT2D eigenvalue weighted by Gasteiger charge is 2.24. The lowest BCUT2D eigenvalue weighted by Gasteiger charge is -2.21. The van der Waals surface area contributed by atoms with Crippen LogP contribution in [0.4, 0.5) is 0 Å². The van der Waals surface area contributed by atoms with Crippen molar-refractivity contribution in [2.45, 2.75) is 31.8 Å². The third-order valence-electron chi connectivity index (χ3n) is 3.02. The van der Waals surface area contributed by atoms with Crippen molar-refractivity contribution in [3.63, 3.8) is 0 Å². The number of thiazole rings is 1. The normalized spacial score (nSPS) is 11.2. The van der Waals surface area contributed by atoms with Gasteiger partial charge in [0.15, 0.2) is 4.96 Å². The smallest absolute Gasteiger partial charge is 0.272 e. The number of aromatic nitrogens is 2. The molecule has 1 amide bonds. The highest BCUT2D eigenvalue weighted by molar-refractivity contribution is 7.99. The van der Waals surface area contributed by atoms with Crippen LogP contribution in [0.25, 0.3) is 4.96 Å². The summed E-state index contributed by atoms with van der Waals surface area (Å²) in [4.78, 5) is 31.7. The van der Waals surface area contributed by atoms with Crippen LogP contribution in [0.3, 0.4) is 0 Å². The first-order valence-corrected chi connectivity index (χ1v) is 8.23. The summed E-state index contributed by atoms with van der Waals surface area (Å²) in [5, 5.41) is 2.32. The fourth-order valence-electron chi connectivity index (χ4n) is 1.70. The van der Waals surface area contributed by atoms with Gasteiger partial charge in [0.2, 0.25) is 0 Å². The number of rotatable bonds is 4. The Labute approximate surface area is 125 Å². The van der Waals surface area contributed by atoms with E-state index in [4.69, 9.17) is 0 Å². The maximum absolute atomic E-state index is 12.5. The Morgan fingerprint density at radius 3 is 2.85 bits per heavy atom. The lowest BCUT2D eigenvalue weighted by Crippen LogP contribution is -2.37. The van der Waals surface area contributed by atoms with Crippen LogP contribution in [0, 0.1) is 0 Å². The van der Waals surface area contributed by atoms with E-state index in [9.17, 15) is 9.59 Å². The standard InChI is InChI=1S/C13H17N3O2S2/c1-5-19-10-9(11(17)15(4)8(2)3)12(18)16-6-7-20-13(16)14-10/h6-8H,5H2,1-4H3. The van der Waals surface area contributed by atoms with Crippen LogP contribution in [0.5, 0.6) is 0 Å². The molecule has 0 unspecified atom stereocenters. The van der Waals surface area contributed by atoms with Gasteiger partial charge < -0.3 is 4.90 Å². The quantitative estimate of drug-likeness (QED) is 0.642. The third kappa shape index (κ3) is 2.60. The van der Waals surface area contributed by atoms with Crippen molar-refractivity contribution in [3.8, 4) is 0 Å². The number of hydrogen-bond donors (Lipinski definition) is 0. The SMILES string of the molecule is CCSc1nc2sccn2c(=O)c1C(=O)N(C)C(C)C. The summed E-state index contributed by atoms with van der Waals surface area (Å²) in [7, 11) is 1.70. The summed E-state index contributed by atoms with van der Waals surface area (Å²) in [5.41, 5.74) is -0.117. The van der Waals surface area contributed by atoms with E-state index >= 15 is 0 Å². The molecular weight excluding hydrogens is 294 g/mol. The van der Waals surface area contributed by atoms with Crippen LogP contribution in [0.1, 0.15) is 31.1 Å². The number of carbonyl (C=O) groups excluding carboxylic acids is 1. The summed E-state index contributed by atoms with van der Waals surface area (Å²) in [6.07, 6.45) is 1.65. The van der Waals surface area contributed by atoms with E-state index in [0.29, 0.717) is 9.99 Å². The largest absolute Gasteiger partial charge is 0.339 e. The zero-order valence-corrected chi connectivity index (χ0v) is 13.5. The van der Waals surface area contributed by atoms with Gasteiger partial charge in [-0.1, -0.05) is 6.92 Å². The lowest BCUT2D eigenvalue weighted by atomic mass is 10.2. The summed E-state index contributed by atoms with van der Waals surface area (Å²) >= 11 is 2.82. The number of thioether (sulfide) groups is 1. The molecule has 0 radical (unpaired) electrons. The van der Waals surface area contributed by atoms with Gasteiger partial charge in [0.05, 0.1) is 0 Å². The Morgan fingerprint density at radius 2 is 2.25 bits per heavy atom. The maximum atomic E-state index is 12.5. The second-order valence-electron chi connectivity index (χ2n) is 4.60. The molecule has 108 valence electrons. The van der Waals surface area contributed by atoms with Gasteiger partial charge in [-0.25, -0.2) is 4.98 Å². The molecule has 2 heterocycles. The molecule has 2 rings (SSSR count). The minimum Gasteiger partial charge on any atom is -0.339 e. The second-order valence-corrected chi connectivity index (χ2v) is 6.72. The molecule has 0 aliphatic carbocycles. The van der Waals surface area contributed by atoms with E-state index < -0.39 is 0 Å². The number of nitrogens with zero attached hydrogens (tertiary/aromatic N) is 3. The molecule has 2 aromatic heterocycles. The monoisotopic (exact) mass is 311 g/mol. The lowest BCUT2D eigenvalue weighted by molar-refractivity contribution is 0.0748. The fraction of sp³-hybridized carbons (Fsp3) is 0.462. The molecular formula is C13H17N3O2S2. The van der Waals surface area contributed by atoms with Crippen molar-refractivity contribution in [1.82, 2.24) is 14.3 Å². The molecule has 0 spiro atoms. The number of fused-ring (bicyclic) bond motifs is 1. The highest BCUT2D eigenvalue weighted by Crippen LogP contribution is 2.21.